The maximum absolute atomic E-state index is 10.8. The lowest BCUT2D eigenvalue weighted by Gasteiger charge is -2.08. The Morgan fingerprint density at radius 1 is 1.32 bits per heavy atom. The summed E-state index contributed by atoms with van der Waals surface area (Å²) in [6.07, 6.45) is 2.53. The molecule has 1 aromatic carbocycles. The molecule has 98 valence electrons. The maximum atomic E-state index is 10.8. The Kier molecular flexibility index (Phi) is 4.36. The summed E-state index contributed by atoms with van der Waals surface area (Å²) in [4.78, 5) is 15.0. The predicted molar refractivity (Wildman–Crippen MR) is 74.8 cm³/mol. The number of hydrogen-bond donors (Lipinski definition) is 2. The zero-order valence-corrected chi connectivity index (χ0v) is 10.9. The minimum absolute atomic E-state index is 0.181. The molecule has 0 unspecified atom stereocenters. The summed E-state index contributed by atoms with van der Waals surface area (Å²) < 4.78 is 0. The van der Waals surface area contributed by atoms with Crippen LogP contribution in [0.4, 0.5) is 5.69 Å². The normalized spacial score (nSPS) is 10.2. The highest BCUT2D eigenvalue weighted by Gasteiger charge is 2.06. The van der Waals surface area contributed by atoms with E-state index in [4.69, 9.17) is 16.7 Å². The van der Waals surface area contributed by atoms with Gasteiger partial charge in [0, 0.05) is 24.9 Å². The van der Waals surface area contributed by atoms with Crippen molar-refractivity contribution < 1.29 is 9.90 Å². The van der Waals surface area contributed by atoms with Crippen molar-refractivity contribution in [2.45, 2.75) is 6.42 Å². The van der Waals surface area contributed by atoms with Gasteiger partial charge in [0.1, 0.15) is 0 Å². The van der Waals surface area contributed by atoms with E-state index < -0.39 is 5.97 Å². The molecule has 0 fully saturated rings. The Hall–Kier alpha value is -2.07. The van der Waals surface area contributed by atoms with Crippen molar-refractivity contribution in [3.63, 3.8) is 0 Å². The molecule has 0 spiro atoms. The van der Waals surface area contributed by atoms with Crippen LogP contribution in [-0.2, 0) is 6.42 Å². The highest BCUT2D eigenvalue weighted by molar-refractivity contribution is 6.33. The number of carbonyl (C=O) groups is 1. The molecule has 5 heteroatoms. The lowest BCUT2D eigenvalue weighted by molar-refractivity contribution is 0.0697. The average Bonchev–Trinajstić information content (AvgIpc) is 2.41. The first-order valence-corrected chi connectivity index (χ1v) is 6.21. The Bertz CT molecular complexity index is 573. The lowest BCUT2D eigenvalue weighted by atomic mass is 10.2. The van der Waals surface area contributed by atoms with Crippen molar-refractivity contribution in [1.29, 1.82) is 0 Å². The van der Waals surface area contributed by atoms with Gasteiger partial charge in [-0.2, -0.15) is 0 Å². The summed E-state index contributed by atoms with van der Waals surface area (Å²) in [5.41, 5.74) is 1.90. The molecular weight excluding hydrogens is 264 g/mol. The van der Waals surface area contributed by atoms with Crippen molar-refractivity contribution in [3.05, 3.63) is 58.9 Å². The van der Waals surface area contributed by atoms with Gasteiger partial charge < -0.3 is 10.4 Å². The third kappa shape index (κ3) is 3.69. The van der Waals surface area contributed by atoms with Gasteiger partial charge in [-0.05, 0) is 30.3 Å². The van der Waals surface area contributed by atoms with E-state index in [0.29, 0.717) is 11.6 Å². The number of rotatable bonds is 5. The van der Waals surface area contributed by atoms with E-state index in [1.54, 1.807) is 12.3 Å². The van der Waals surface area contributed by atoms with Gasteiger partial charge in [-0.1, -0.05) is 17.7 Å². The van der Waals surface area contributed by atoms with E-state index in [1.165, 1.54) is 12.1 Å². The molecule has 0 saturated heterocycles. The molecule has 0 aliphatic carbocycles. The summed E-state index contributed by atoms with van der Waals surface area (Å²) in [5.74, 6) is -0.984. The molecule has 2 rings (SSSR count). The van der Waals surface area contributed by atoms with Crippen molar-refractivity contribution in [2.24, 2.45) is 0 Å². The third-order valence-corrected chi connectivity index (χ3v) is 2.95. The second kappa shape index (κ2) is 6.20. The number of benzene rings is 1. The average molecular weight is 277 g/mol. The van der Waals surface area contributed by atoms with Gasteiger partial charge in [-0.25, -0.2) is 4.79 Å². The maximum Gasteiger partial charge on any atom is 0.335 e. The summed E-state index contributed by atoms with van der Waals surface area (Å²) >= 11 is 6.01. The highest BCUT2D eigenvalue weighted by atomic mass is 35.5. The van der Waals surface area contributed by atoms with Crippen LogP contribution in [0.25, 0.3) is 0 Å². The highest BCUT2D eigenvalue weighted by Crippen LogP contribution is 2.22. The Morgan fingerprint density at radius 3 is 2.79 bits per heavy atom. The standard InChI is InChI=1S/C14H13ClN2O2/c15-12-9-10(14(18)19)4-5-13(12)17-8-6-11-3-1-2-7-16-11/h1-5,7,9,17H,6,8H2,(H,18,19). The molecule has 1 aromatic heterocycles. The molecule has 19 heavy (non-hydrogen) atoms. The van der Waals surface area contributed by atoms with Crippen LogP contribution in [0.1, 0.15) is 16.1 Å². The van der Waals surface area contributed by atoms with Crippen LogP contribution >= 0.6 is 11.6 Å². The molecule has 2 N–H and O–H groups in total. The lowest BCUT2D eigenvalue weighted by Crippen LogP contribution is -2.07. The van der Waals surface area contributed by atoms with Crippen LogP contribution in [0, 0.1) is 0 Å². The molecular formula is C14H13ClN2O2. The van der Waals surface area contributed by atoms with Gasteiger partial charge in [0.2, 0.25) is 0 Å². The van der Waals surface area contributed by atoms with Gasteiger partial charge in [0.15, 0.2) is 0 Å². The molecule has 0 saturated carbocycles. The topological polar surface area (TPSA) is 62.2 Å². The number of pyridine rings is 1. The largest absolute Gasteiger partial charge is 0.478 e. The van der Waals surface area contributed by atoms with Crippen LogP contribution in [0.3, 0.4) is 0 Å². The minimum Gasteiger partial charge on any atom is -0.478 e. The molecule has 0 radical (unpaired) electrons. The van der Waals surface area contributed by atoms with Crippen LogP contribution in [-0.4, -0.2) is 22.6 Å². The van der Waals surface area contributed by atoms with Crippen molar-refractivity contribution in [3.8, 4) is 0 Å². The predicted octanol–water partition coefficient (Wildman–Crippen LogP) is 3.09. The molecule has 0 atom stereocenters. The van der Waals surface area contributed by atoms with Crippen LogP contribution in [0.15, 0.2) is 42.6 Å². The molecule has 0 aliphatic heterocycles. The number of aromatic nitrogens is 1. The van der Waals surface area contributed by atoms with E-state index in [-0.39, 0.29) is 5.56 Å². The van der Waals surface area contributed by atoms with E-state index >= 15 is 0 Å². The van der Waals surface area contributed by atoms with Gasteiger partial charge >= 0.3 is 5.97 Å². The van der Waals surface area contributed by atoms with E-state index in [0.717, 1.165) is 17.8 Å². The molecule has 0 aliphatic rings. The van der Waals surface area contributed by atoms with Crippen molar-refractivity contribution in [1.82, 2.24) is 4.98 Å². The van der Waals surface area contributed by atoms with Crippen LogP contribution in [0.5, 0.6) is 0 Å². The molecule has 1 heterocycles. The van der Waals surface area contributed by atoms with Crippen LogP contribution < -0.4 is 5.32 Å². The fourth-order valence-electron chi connectivity index (χ4n) is 1.66. The fourth-order valence-corrected chi connectivity index (χ4v) is 1.91. The Labute approximate surface area is 116 Å². The molecule has 2 aromatic rings. The third-order valence-electron chi connectivity index (χ3n) is 2.64. The van der Waals surface area contributed by atoms with Gasteiger partial charge in [0.05, 0.1) is 16.3 Å². The summed E-state index contributed by atoms with van der Waals surface area (Å²) in [6, 6.07) is 10.4. The first kappa shape index (κ1) is 13.4. The first-order valence-electron chi connectivity index (χ1n) is 5.83. The monoisotopic (exact) mass is 276 g/mol. The van der Waals surface area contributed by atoms with E-state index in [9.17, 15) is 4.79 Å². The molecule has 0 amide bonds. The van der Waals surface area contributed by atoms with Crippen molar-refractivity contribution >= 4 is 23.3 Å². The summed E-state index contributed by atoms with van der Waals surface area (Å²) in [6.45, 7) is 0.684. The number of aromatic carboxylic acids is 1. The zero-order valence-electron chi connectivity index (χ0n) is 10.1. The number of anilines is 1. The molecule has 0 bridgehead atoms. The first-order chi connectivity index (χ1) is 9.16. The van der Waals surface area contributed by atoms with Crippen LogP contribution in [0.2, 0.25) is 5.02 Å². The number of nitrogens with zero attached hydrogens (tertiary/aromatic N) is 1. The van der Waals surface area contributed by atoms with Gasteiger partial charge in [-0.3, -0.25) is 4.98 Å². The van der Waals surface area contributed by atoms with Gasteiger partial charge in [-0.15, -0.1) is 0 Å². The number of nitrogens with one attached hydrogen (secondary N) is 1. The summed E-state index contributed by atoms with van der Waals surface area (Å²) in [7, 11) is 0. The molecule has 4 nitrogen and oxygen atoms in total. The number of carboxylic acids is 1. The quantitative estimate of drug-likeness (QED) is 0.881. The number of carboxylic acid groups (broad SMARTS) is 1. The SMILES string of the molecule is O=C(O)c1ccc(NCCc2ccccn2)c(Cl)c1. The number of halogens is 1. The second-order valence-corrected chi connectivity index (χ2v) is 4.40. The minimum atomic E-state index is -0.984. The number of hydrogen-bond acceptors (Lipinski definition) is 3. The second-order valence-electron chi connectivity index (χ2n) is 4.00. The van der Waals surface area contributed by atoms with Crippen molar-refractivity contribution in [2.75, 3.05) is 11.9 Å². The van der Waals surface area contributed by atoms with Gasteiger partial charge in [0.25, 0.3) is 0 Å². The fraction of sp³-hybridized carbons (Fsp3) is 0.143. The Morgan fingerprint density at radius 2 is 2.16 bits per heavy atom. The van der Waals surface area contributed by atoms with E-state index in [2.05, 4.69) is 10.3 Å². The Balaban J connectivity index is 1.95. The zero-order chi connectivity index (χ0) is 13.7. The van der Waals surface area contributed by atoms with E-state index in [1.807, 2.05) is 18.2 Å². The summed E-state index contributed by atoms with van der Waals surface area (Å²) in [5, 5.41) is 12.4. The smallest absolute Gasteiger partial charge is 0.335 e.